The minimum Gasteiger partial charge on any atom is -0.481 e. The van der Waals surface area contributed by atoms with Crippen LogP contribution in [-0.2, 0) is 4.79 Å². The van der Waals surface area contributed by atoms with E-state index < -0.39 is 10.9 Å². The number of nitro groups is 1. The quantitative estimate of drug-likeness (QED) is 0.442. The van der Waals surface area contributed by atoms with E-state index in [0.717, 1.165) is 28.5 Å². The Morgan fingerprint density at radius 2 is 2.20 bits per heavy atom. The molecular weight excluding hydrogens is 375 g/mol. The zero-order valence-corrected chi connectivity index (χ0v) is 12.9. The molecule has 2 rings (SSSR count). The highest BCUT2D eigenvalue weighted by atomic mass is 127. The SMILES string of the molecule is O=C(O)CC1(CNc2ccc([N+](=O)[O-])cc2I)CCC1. The fraction of sp³-hybridized carbons (Fsp3) is 0.462. The summed E-state index contributed by atoms with van der Waals surface area (Å²) < 4.78 is 0.765. The van der Waals surface area contributed by atoms with Crippen molar-refractivity contribution in [2.75, 3.05) is 11.9 Å². The molecule has 1 aliphatic rings. The van der Waals surface area contributed by atoms with Gasteiger partial charge < -0.3 is 10.4 Å². The average Bonchev–Trinajstić information content (AvgIpc) is 2.33. The van der Waals surface area contributed by atoms with Gasteiger partial charge in [-0.15, -0.1) is 0 Å². The van der Waals surface area contributed by atoms with Crippen molar-refractivity contribution in [1.82, 2.24) is 0 Å². The third-order valence-corrected chi connectivity index (χ3v) is 4.65. The van der Waals surface area contributed by atoms with Crippen molar-refractivity contribution in [3.8, 4) is 0 Å². The number of rotatable bonds is 6. The van der Waals surface area contributed by atoms with Gasteiger partial charge in [0.05, 0.1) is 11.3 Å². The van der Waals surface area contributed by atoms with Crippen molar-refractivity contribution in [3.63, 3.8) is 0 Å². The molecule has 7 heteroatoms. The molecule has 1 saturated carbocycles. The van der Waals surface area contributed by atoms with Crippen LogP contribution in [0.25, 0.3) is 0 Å². The van der Waals surface area contributed by atoms with Gasteiger partial charge in [-0.05, 0) is 46.9 Å². The highest BCUT2D eigenvalue weighted by Crippen LogP contribution is 2.44. The molecule has 2 N–H and O–H groups in total. The van der Waals surface area contributed by atoms with E-state index in [2.05, 4.69) is 5.32 Å². The van der Waals surface area contributed by atoms with Gasteiger partial charge in [0.2, 0.25) is 0 Å². The molecule has 6 nitrogen and oxygen atoms in total. The van der Waals surface area contributed by atoms with Gasteiger partial charge in [-0.3, -0.25) is 14.9 Å². The second kappa shape index (κ2) is 5.94. The van der Waals surface area contributed by atoms with E-state index in [1.54, 1.807) is 6.07 Å². The van der Waals surface area contributed by atoms with Crippen molar-refractivity contribution in [2.45, 2.75) is 25.7 Å². The molecule has 0 atom stereocenters. The molecule has 0 amide bonds. The first-order valence-corrected chi connectivity index (χ1v) is 7.39. The van der Waals surface area contributed by atoms with Crippen LogP contribution in [0.5, 0.6) is 0 Å². The van der Waals surface area contributed by atoms with Gasteiger partial charge in [-0.1, -0.05) is 6.42 Å². The minimum atomic E-state index is -0.773. The Morgan fingerprint density at radius 1 is 1.50 bits per heavy atom. The molecule has 108 valence electrons. The predicted molar refractivity (Wildman–Crippen MR) is 82.8 cm³/mol. The molecule has 0 aromatic heterocycles. The van der Waals surface area contributed by atoms with Crippen molar-refractivity contribution >= 4 is 39.9 Å². The number of halogens is 1. The van der Waals surface area contributed by atoms with E-state index >= 15 is 0 Å². The molecular formula is C13H15IN2O4. The van der Waals surface area contributed by atoms with Gasteiger partial charge in [0.25, 0.3) is 5.69 Å². The Kier molecular flexibility index (Phi) is 4.46. The maximum absolute atomic E-state index is 10.9. The van der Waals surface area contributed by atoms with Crippen LogP contribution in [-0.4, -0.2) is 22.5 Å². The maximum atomic E-state index is 10.9. The number of carboxylic acid groups (broad SMARTS) is 1. The van der Waals surface area contributed by atoms with Gasteiger partial charge in [0, 0.05) is 27.9 Å². The monoisotopic (exact) mass is 390 g/mol. The molecule has 1 aromatic rings. The van der Waals surface area contributed by atoms with E-state index in [0.29, 0.717) is 6.54 Å². The number of nitro benzene ring substituents is 1. The van der Waals surface area contributed by atoms with Crippen LogP contribution in [0.15, 0.2) is 18.2 Å². The van der Waals surface area contributed by atoms with Crippen LogP contribution in [0.4, 0.5) is 11.4 Å². The van der Waals surface area contributed by atoms with E-state index in [-0.39, 0.29) is 17.5 Å². The van der Waals surface area contributed by atoms with Crippen LogP contribution in [0.2, 0.25) is 0 Å². The zero-order chi connectivity index (χ0) is 14.8. The van der Waals surface area contributed by atoms with Crippen molar-refractivity contribution < 1.29 is 14.8 Å². The van der Waals surface area contributed by atoms with Crippen LogP contribution in [0, 0.1) is 19.1 Å². The number of hydrogen-bond acceptors (Lipinski definition) is 4. The average molecular weight is 390 g/mol. The lowest BCUT2D eigenvalue weighted by Crippen LogP contribution is -2.38. The summed E-state index contributed by atoms with van der Waals surface area (Å²) in [5.41, 5.74) is 0.702. The Morgan fingerprint density at radius 3 is 2.65 bits per heavy atom. The lowest BCUT2D eigenvalue weighted by molar-refractivity contribution is -0.384. The molecule has 0 heterocycles. The van der Waals surface area contributed by atoms with E-state index in [1.807, 2.05) is 22.6 Å². The van der Waals surface area contributed by atoms with Gasteiger partial charge in [0.15, 0.2) is 0 Å². The fourth-order valence-electron chi connectivity index (χ4n) is 2.46. The molecule has 0 radical (unpaired) electrons. The Bertz CT molecular complexity index is 543. The molecule has 0 unspecified atom stereocenters. The first-order valence-electron chi connectivity index (χ1n) is 6.31. The van der Waals surface area contributed by atoms with E-state index in [4.69, 9.17) is 5.11 Å². The van der Waals surface area contributed by atoms with E-state index in [9.17, 15) is 14.9 Å². The third kappa shape index (κ3) is 3.38. The topological polar surface area (TPSA) is 92.5 Å². The number of benzene rings is 1. The first-order chi connectivity index (χ1) is 9.42. The summed E-state index contributed by atoms with van der Waals surface area (Å²) in [6.07, 6.45) is 3.06. The van der Waals surface area contributed by atoms with Crippen LogP contribution >= 0.6 is 22.6 Å². The van der Waals surface area contributed by atoms with Crippen LogP contribution in [0.3, 0.4) is 0 Å². The zero-order valence-electron chi connectivity index (χ0n) is 10.8. The minimum absolute atomic E-state index is 0.0591. The number of carboxylic acids is 1. The second-order valence-electron chi connectivity index (χ2n) is 5.20. The summed E-state index contributed by atoms with van der Waals surface area (Å²) in [7, 11) is 0. The molecule has 1 aliphatic carbocycles. The van der Waals surface area contributed by atoms with E-state index in [1.165, 1.54) is 12.1 Å². The van der Waals surface area contributed by atoms with Crippen molar-refractivity contribution in [3.05, 3.63) is 31.9 Å². The highest BCUT2D eigenvalue weighted by molar-refractivity contribution is 14.1. The summed E-state index contributed by atoms with van der Waals surface area (Å²) in [4.78, 5) is 21.1. The molecule has 0 spiro atoms. The first kappa shape index (κ1) is 15.0. The molecule has 0 aliphatic heterocycles. The van der Waals surface area contributed by atoms with Crippen molar-refractivity contribution in [2.24, 2.45) is 5.41 Å². The van der Waals surface area contributed by atoms with Crippen LogP contribution < -0.4 is 5.32 Å². The summed E-state index contributed by atoms with van der Waals surface area (Å²) >= 11 is 2.04. The predicted octanol–water partition coefficient (Wildman–Crippen LogP) is 3.26. The summed E-state index contributed by atoms with van der Waals surface area (Å²) in [5, 5.41) is 22.9. The number of nitrogens with one attached hydrogen (secondary N) is 1. The smallest absolute Gasteiger partial charge is 0.303 e. The molecule has 0 saturated heterocycles. The Labute approximate surface area is 129 Å². The molecule has 1 aromatic carbocycles. The fourth-order valence-corrected chi connectivity index (χ4v) is 3.15. The standard InChI is InChI=1S/C13H15IN2O4/c14-10-6-9(16(19)20)2-3-11(10)15-8-13(4-1-5-13)7-12(17)18/h2-3,6,15H,1,4-5,7-8H2,(H,17,18). The Balaban J connectivity index is 2.03. The number of anilines is 1. The molecule has 20 heavy (non-hydrogen) atoms. The second-order valence-corrected chi connectivity index (χ2v) is 6.36. The lowest BCUT2D eigenvalue weighted by Gasteiger charge is -2.41. The third-order valence-electron chi connectivity index (χ3n) is 3.76. The number of carbonyl (C=O) groups is 1. The van der Waals surface area contributed by atoms with Gasteiger partial charge in [0.1, 0.15) is 0 Å². The highest BCUT2D eigenvalue weighted by Gasteiger charge is 2.38. The summed E-state index contributed by atoms with van der Waals surface area (Å²) in [6.45, 7) is 0.590. The van der Waals surface area contributed by atoms with Gasteiger partial charge in [-0.2, -0.15) is 0 Å². The van der Waals surface area contributed by atoms with Gasteiger partial charge >= 0.3 is 5.97 Å². The number of non-ortho nitro benzene ring substituents is 1. The molecule has 1 fully saturated rings. The normalized spacial score (nSPS) is 16.2. The number of hydrogen-bond donors (Lipinski definition) is 2. The van der Waals surface area contributed by atoms with Crippen LogP contribution in [0.1, 0.15) is 25.7 Å². The lowest BCUT2D eigenvalue weighted by atomic mass is 9.66. The maximum Gasteiger partial charge on any atom is 0.303 e. The Hall–Kier alpha value is -1.38. The largest absolute Gasteiger partial charge is 0.481 e. The number of nitrogens with zero attached hydrogens (tertiary/aromatic N) is 1. The van der Waals surface area contributed by atoms with Gasteiger partial charge in [-0.25, -0.2) is 0 Å². The number of aliphatic carboxylic acids is 1. The summed E-state index contributed by atoms with van der Waals surface area (Å²) in [6, 6.07) is 4.63. The summed E-state index contributed by atoms with van der Waals surface area (Å²) in [5.74, 6) is -0.773. The molecule has 0 bridgehead atoms. The van der Waals surface area contributed by atoms with Crippen molar-refractivity contribution in [1.29, 1.82) is 0 Å².